The van der Waals surface area contributed by atoms with E-state index in [1.54, 1.807) is 0 Å². The fraction of sp³-hybridized carbons (Fsp3) is 0.875. The molecule has 4 nitrogen and oxygen atoms in total. The number of rotatable bonds is 2. The molecule has 1 aliphatic heterocycles. The Balaban J connectivity index is 2.58. The fourth-order valence-electron chi connectivity index (χ4n) is 1.30. The van der Waals surface area contributed by atoms with Crippen LogP contribution in [0.15, 0.2) is 0 Å². The van der Waals surface area contributed by atoms with Gasteiger partial charge in [-0.2, -0.15) is 0 Å². The third-order valence-electron chi connectivity index (χ3n) is 2.16. The number of cyclic esters (lactones) is 1. The molecule has 0 atom stereocenters. The SMILES string of the molecule is CC1(C)COC(=O)CN1CCN. The van der Waals surface area contributed by atoms with Crippen LogP contribution in [0.5, 0.6) is 0 Å². The Morgan fingerprint density at radius 2 is 2.33 bits per heavy atom. The number of hydrogen-bond acceptors (Lipinski definition) is 4. The normalized spacial score (nSPS) is 23.8. The van der Waals surface area contributed by atoms with Gasteiger partial charge in [-0.1, -0.05) is 0 Å². The van der Waals surface area contributed by atoms with E-state index >= 15 is 0 Å². The number of hydrogen-bond donors (Lipinski definition) is 1. The third-order valence-corrected chi connectivity index (χ3v) is 2.16. The van der Waals surface area contributed by atoms with Gasteiger partial charge in [0.25, 0.3) is 0 Å². The fourth-order valence-corrected chi connectivity index (χ4v) is 1.30. The van der Waals surface area contributed by atoms with Crippen LogP contribution in [-0.2, 0) is 9.53 Å². The molecule has 0 unspecified atom stereocenters. The predicted molar refractivity (Wildman–Crippen MR) is 45.7 cm³/mol. The number of carbonyl (C=O) groups excluding carboxylic acids is 1. The van der Waals surface area contributed by atoms with Crippen LogP contribution in [0.1, 0.15) is 13.8 Å². The molecule has 0 aliphatic carbocycles. The van der Waals surface area contributed by atoms with Crippen LogP contribution >= 0.6 is 0 Å². The summed E-state index contributed by atoms with van der Waals surface area (Å²) in [6.45, 7) is 6.26. The minimum absolute atomic E-state index is 0.0622. The summed E-state index contributed by atoms with van der Waals surface area (Å²) in [4.78, 5) is 13.0. The highest BCUT2D eigenvalue weighted by atomic mass is 16.5. The predicted octanol–water partition coefficient (Wildman–Crippen LogP) is -0.417. The molecule has 0 aromatic rings. The second-order valence-corrected chi connectivity index (χ2v) is 3.68. The quantitative estimate of drug-likeness (QED) is 0.575. The summed E-state index contributed by atoms with van der Waals surface area (Å²) in [6.07, 6.45) is 0. The molecular formula is C8H16N2O2. The van der Waals surface area contributed by atoms with Crippen molar-refractivity contribution in [1.82, 2.24) is 4.90 Å². The number of esters is 1. The molecule has 0 spiro atoms. The smallest absolute Gasteiger partial charge is 0.320 e. The van der Waals surface area contributed by atoms with E-state index in [0.29, 0.717) is 19.7 Å². The van der Waals surface area contributed by atoms with Crippen molar-refractivity contribution in [2.45, 2.75) is 19.4 Å². The Bertz CT molecular complexity index is 180. The van der Waals surface area contributed by atoms with Crippen molar-refractivity contribution in [2.24, 2.45) is 5.73 Å². The Morgan fingerprint density at radius 3 is 2.92 bits per heavy atom. The van der Waals surface area contributed by atoms with E-state index in [9.17, 15) is 4.79 Å². The molecule has 0 amide bonds. The van der Waals surface area contributed by atoms with E-state index in [2.05, 4.69) is 18.7 Å². The van der Waals surface area contributed by atoms with Crippen LogP contribution in [0.25, 0.3) is 0 Å². The van der Waals surface area contributed by atoms with Gasteiger partial charge in [-0.3, -0.25) is 9.69 Å². The van der Waals surface area contributed by atoms with E-state index < -0.39 is 0 Å². The van der Waals surface area contributed by atoms with Gasteiger partial charge in [0, 0.05) is 13.1 Å². The van der Waals surface area contributed by atoms with Crippen LogP contribution in [0.4, 0.5) is 0 Å². The zero-order chi connectivity index (χ0) is 9.19. The summed E-state index contributed by atoms with van der Waals surface area (Å²) >= 11 is 0. The van der Waals surface area contributed by atoms with Gasteiger partial charge in [0.1, 0.15) is 6.61 Å². The van der Waals surface area contributed by atoms with Crippen molar-refractivity contribution < 1.29 is 9.53 Å². The molecule has 0 aromatic carbocycles. The van der Waals surface area contributed by atoms with Crippen LogP contribution in [0, 0.1) is 0 Å². The van der Waals surface area contributed by atoms with Gasteiger partial charge in [0.2, 0.25) is 0 Å². The van der Waals surface area contributed by atoms with E-state index in [-0.39, 0.29) is 11.5 Å². The van der Waals surface area contributed by atoms with Crippen molar-refractivity contribution in [3.05, 3.63) is 0 Å². The first-order valence-corrected chi connectivity index (χ1v) is 4.17. The van der Waals surface area contributed by atoms with E-state index in [1.807, 2.05) is 0 Å². The Morgan fingerprint density at radius 1 is 1.67 bits per heavy atom. The second kappa shape index (κ2) is 3.41. The van der Waals surface area contributed by atoms with E-state index in [4.69, 9.17) is 10.5 Å². The molecule has 12 heavy (non-hydrogen) atoms. The summed E-state index contributed by atoms with van der Waals surface area (Å²) in [5, 5.41) is 0. The molecule has 1 aliphatic rings. The molecule has 1 fully saturated rings. The maximum Gasteiger partial charge on any atom is 0.320 e. The Labute approximate surface area is 72.7 Å². The molecule has 0 radical (unpaired) electrons. The maximum atomic E-state index is 10.9. The van der Waals surface area contributed by atoms with Gasteiger partial charge < -0.3 is 10.5 Å². The summed E-state index contributed by atoms with van der Waals surface area (Å²) in [6, 6.07) is 0. The highest BCUT2D eigenvalue weighted by Gasteiger charge is 2.33. The third kappa shape index (κ3) is 1.95. The van der Waals surface area contributed by atoms with Crippen LogP contribution in [0.3, 0.4) is 0 Å². The van der Waals surface area contributed by atoms with Gasteiger partial charge in [-0.25, -0.2) is 0 Å². The molecule has 0 saturated carbocycles. The van der Waals surface area contributed by atoms with Crippen molar-refractivity contribution in [3.8, 4) is 0 Å². The lowest BCUT2D eigenvalue weighted by molar-refractivity contribution is -0.159. The van der Waals surface area contributed by atoms with Crippen LogP contribution < -0.4 is 5.73 Å². The zero-order valence-corrected chi connectivity index (χ0v) is 7.67. The number of ether oxygens (including phenoxy) is 1. The monoisotopic (exact) mass is 172 g/mol. The number of morpholine rings is 1. The summed E-state index contributed by atoms with van der Waals surface area (Å²) in [5.41, 5.74) is 5.37. The van der Waals surface area contributed by atoms with Crippen LogP contribution in [-0.4, -0.2) is 42.6 Å². The van der Waals surface area contributed by atoms with Gasteiger partial charge in [0.05, 0.1) is 12.1 Å². The number of carbonyl (C=O) groups is 1. The van der Waals surface area contributed by atoms with Crippen molar-refractivity contribution >= 4 is 5.97 Å². The summed E-state index contributed by atoms with van der Waals surface area (Å²) < 4.78 is 4.95. The molecule has 0 bridgehead atoms. The average molecular weight is 172 g/mol. The maximum absolute atomic E-state index is 10.9. The number of nitrogens with zero attached hydrogens (tertiary/aromatic N) is 1. The van der Waals surface area contributed by atoms with Crippen molar-refractivity contribution in [3.63, 3.8) is 0 Å². The molecule has 1 heterocycles. The molecule has 1 saturated heterocycles. The largest absolute Gasteiger partial charge is 0.463 e. The minimum atomic E-state index is -0.150. The molecular weight excluding hydrogens is 156 g/mol. The molecule has 4 heteroatoms. The first-order chi connectivity index (χ1) is 5.56. The molecule has 1 rings (SSSR count). The highest BCUT2D eigenvalue weighted by Crippen LogP contribution is 2.18. The van der Waals surface area contributed by atoms with Crippen LogP contribution in [0.2, 0.25) is 0 Å². The molecule has 70 valence electrons. The first-order valence-electron chi connectivity index (χ1n) is 4.17. The van der Waals surface area contributed by atoms with Crippen molar-refractivity contribution in [1.29, 1.82) is 0 Å². The lowest BCUT2D eigenvalue weighted by Gasteiger charge is -2.40. The standard InChI is InChI=1S/C8H16N2O2/c1-8(2)6-12-7(11)5-10(8)4-3-9/h3-6,9H2,1-2H3. The first kappa shape index (κ1) is 9.48. The van der Waals surface area contributed by atoms with Crippen molar-refractivity contribution in [2.75, 3.05) is 26.2 Å². The highest BCUT2D eigenvalue weighted by molar-refractivity contribution is 5.72. The van der Waals surface area contributed by atoms with Gasteiger partial charge >= 0.3 is 5.97 Å². The molecule has 2 N–H and O–H groups in total. The van der Waals surface area contributed by atoms with E-state index in [1.165, 1.54) is 0 Å². The zero-order valence-electron chi connectivity index (χ0n) is 7.67. The molecule has 0 aromatic heterocycles. The van der Waals surface area contributed by atoms with Gasteiger partial charge in [-0.05, 0) is 13.8 Å². The summed E-state index contributed by atoms with van der Waals surface area (Å²) in [7, 11) is 0. The number of nitrogens with two attached hydrogens (primary N) is 1. The second-order valence-electron chi connectivity index (χ2n) is 3.68. The Hall–Kier alpha value is -0.610. The Kier molecular flexibility index (Phi) is 2.69. The van der Waals surface area contributed by atoms with E-state index in [0.717, 1.165) is 6.54 Å². The lowest BCUT2D eigenvalue weighted by Crippen LogP contribution is -2.55. The van der Waals surface area contributed by atoms with Gasteiger partial charge in [0.15, 0.2) is 0 Å². The lowest BCUT2D eigenvalue weighted by atomic mass is 10.0. The average Bonchev–Trinajstić information content (AvgIpc) is 1.98. The minimum Gasteiger partial charge on any atom is -0.463 e. The van der Waals surface area contributed by atoms with Gasteiger partial charge in [-0.15, -0.1) is 0 Å². The summed E-state index contributed by atoms with van der Waals surface area (Å²) in [5.74, 6) is -0.150. The topological polar surface area (TPSA) is 55.6 Å².